The fraction of sp³-hybridized carbons (Fsp3) is 0.240. The third-order valence-electron chi connectivity index (χ3n) is 5.76. The molecule has 33 heavy (non-hydrogen) atoms. The summed E-state index contributed by atoms with van der Waals surface area (Å²) in [5.41, 5.74) is 1.71. The Morgan fingerprint density at radius 1 is 0.909 bits per heavy atom. The predicted octanol–water partition coefficient (Wildman–Crippen LogP) is 3.24. The molecule has 166 valence electrons. The van der Waals surface area contributed by atoms with Crippen molar-refractivity contribution in [3.05, 3.63) is 73.2 Å². The van der Waals surface area contributed by atoms with Crippen molar-refractivity contribution in [2.75, 3.05) is 42.9 Å². The van der Waals surface area contributed by atoms with E-state index >= 15 is 0 Å². The van der Waals surface area contributed by atoms with E-state index in [0.717, 1.165) is 41.2 Å². The average molecular weight is 440 g/mol. The highest BCUT2D eigenvalue weighted by atomic mass is 16.2. The van der Waals surface area contributed by atoms with Crippen LogP contribution in [0.15, 0.2) is 73.2 Å². The lowest BCUT2D eigenvalue weighted by molar-refractivity contribution is -0.131. The van der Waals surface area contributed by atoms with E-state index in [4.69, 9.17) is 4.98 Å². The summed E-state index contributed by atoms with van der Waals surface area (Å²) < 4.78 is 0. The van der Waals surface area contributed by atoms with Crippen molar-refractivity contribution in [3.63, 3.8) is 0 Å². The topological polar surface area (TPSA) is 87.1 Å². The van der Waals surface area contributed by atoms with E-state index in [9.17, 15) is 4.79 Å². The molecule has 0 spiro atoms. The van der Waals surface area contributed by atoms with E-state index < -0.39 is 0 Å². The van der Waals surface area contributed by atoms with Crippen LogP contribution < -0.4 is 10.2 Å². The number of piperazine rings is 1. The zero-order chi connectivity index (χ0) is 22.5. The highest BCUT2D eigenvalue weighted by Gasteiger charge is 2.21. The molecule has 1 amide bonds. The first-order chi connectivity index (χ1) is 16.3. The minimum Gasteiger partial charge on any atom is -0.369 e. The van der Waals surface area contributed by atoms with Crippen molar-refractivity contribution in [3.8, 4) is 11.4 Å². The van der Waals surface area contributed by atoms with Gasteiger partial charge in [-0.2, -0.15) is 0 Å². The maximum atomic E-state index is 12.8. The lowest BCUT2D eigenvalue weighted by Crippen LogP contribution is -2.49. The second-order valence-electron chi connectivity index (χ2n) is 7.89. The van der Waals surface area contributed by atoms with Crippen LogP contribution in [0.2, 0.25) is 0 Å². The summed E-state index contributed by atoms with van der Waals surface area (Å²) in [5, 5.41) is 4.30. The predicted molar refractivity (Wildman–Crippen MR) is 129 cm³/mol. The molecular formula is C25H25N7O. The van der Waals surface area contributed by atoms with Gasteiger partial charge in [-0.3, -0.25) is 9.78 Å². The normalized spacial score (nSPS) is 13.8. The molecule has 1 aliphatic heterocycles. The summed E-state index contributed by atoms with van der Waals surface area (Å²) >= 11 is 0. The van der Waals surface area contributed by atoms with Crippen molar-refractivity contribution in [1.82, 2.24) is 24.8 Å². The van der Waals surface area contributed by atoms with Crippen molar-refractivity contribution in [1.29, 1.82) is 0 Å². The number of carbonyl (C=O) groups is 1. The molecule has 0 saturated carbocycles. The third kappa shape index (κ3) is 4.74. The largest absolute Gasteiger partial charge is 0.369 e. The summed E-state index contributed by atoms with van der Waals surface area (Å²) in [6, 6.07) is 17.6. The van der Waals surface area contributed by atoms with Gasteiger partial charge in [-0.1, -0.05) is 18.2 Å². The number of fused-ring (bicyclic) bond motifs is 1. The maximum absolute atomic E-state index is 12.8. The molecule has 1 aromatic carbocycles. The van der Waals surface area contributed by atoms with Crippen LogP contribution in [0.3, 0.4) is 0 Å². The van der Waals surface area contributed by atoms with Gasteiger partial charge in [-0.15, -0.1) is 0 Å². The van der Waals surface area contributed by atoms with Gasteiger partial charge in [0.25, 0.3) is 0 Å². The third-order valence-corrected chi connectivity index (χ3v) is 5.76. The molecule has 0 atom stereocenters. The van der Waals surface area contributed by atoms with Crippen LogP contribution in [0.1, 0.15) is 6.42 Å². The summed E-state index contributed by atoms with van der Waals surface area (Å²) in [6.07, 6.45) is 5.69. The number of nitrogens with one attached hydrogen (secondary N) is 1. The SMILES string of the molecule is O=C(CCNc1nc(-c2cccnc2)nc2ccccc12)N1CCN(c2ccccn2)CC1. The number of aromatic nitrogens is 4. The van der Waals surface area contributed by atoms with E-state index in [-0.39, 0.29) is 5.91 Å². The number of para-hydroxylation sites is 1. The molecule has 8 heteroatoms. The number of pyridine rings is 2. The molecule has 0 radical (unpaired) electrons. The fourth-order valence-electron chi connectivity index (χ4n) is 4.01. The number of nitrogens with zero attached hydrogens (tertiary/aromatic N) is 6. The summed E-state index contributed by atoms with van der Waals surface area (Å²) in [4.78, 5) is 34.9. The minimum absolute atomic E-state index is 0.147. The van der Waals surface area contributed by atoms with Crippen molar-refractivity contribution in [2.24, 2.45) is 0 Å². The Morgan fingerprint density at radius 3 is 2.55 bits per heavy atom. The number of rotatable bonds is 6. The van der Waals surface area contributed by atoms with Crippen molar-refractivity contribution >= 4 is 28.4 Å². The summed E-state index contributed by atoms with van der Waals surface area (Å²) in [5.74, 6) is 2.45. The highest BCUT2D eigenvalue weighted by molar-refractivity contribution is 5.90. The molecule has 1 N–H and O–H groups in total. The van der Waals surface area contributed by atoms with Gasteiger partial charge >= 0.3 is 0 Å². The number of hydrogen-bond acceptors (Lipinski definition) is 7. The zero-order valence-electron chi connectivity index (χ0n) is 18.3. The average Bonchev–Trinajstić information content (AvgIpc) is 2.89. The van der Waals surface area contributed by atoms with Crippen molar-refractivity contribution in [2.45, 2.75) is 6.42 Å². The molecule has 5 rings (SSSR count). The quantitative estimate of drug-likeness (QED) is 0.493. The number of anilines is 2. The van der Waals surface area contributed by atoms with E-state index in [1.165, 1.54) is 0 Å². The number of hydrogen-bond donors (Lipinski definition) is 1. The molecular weight excluding hydrogens is 414 g/mol. The monoisotopic (exact) mass is 439 g/mol. The van der Waals surface area contributed by atoms with Crippen LogP contribution in [-0.2, 0) is 4.79 Å². The Bertz CT molecular complexity index is 1230. The first kappa shape index (κ1) is 20.8. The molecule has 0 unspecified atom stereocenters. The van der Waals surface area contributed by atoms with Crippen LogP contribution in [0.25, 0.3) is 22.3 Å². The zero-order valence-corrected chi connectivity index (χ0v) is 18.3. The Labute approximate surface area is 192 Å². The van der Waals surface area contributed by atoms with E-state index in [1.807, 2.05) is 59.5 Å². The smallest absolute Gasteiger partial charge is 0.224 e. The van der Waals surface area contributed by atoms with Crippen LogP contribution in [0.5, 0.6) is 0 Å². The van der Waals surface area contributed by atoms with E-state index in [0.29, 0.717) is 31.9 Å². The number of amides is 1. The first-order valence-electron chi connectivity index (χ1n) is 11.1. The molecule has 8 nitrogen and oxygen atoms in total. The van der Waals surface area contributed by atoms with Gasteiger partial charge in [0, 0.05) is 68.7 Å². The van der Waals surface area contributed by atoms with Gasteiger partial charge in [0.15, 0.2) is 5.82 Å². The van der Waals surface area contributed by atoms with Gasteiger partial charge in [-0.05, 0) is 36.4 Å². The summed E-state index contributed by atoms with van der Waals surface area (Å²) in [6.45, 7) is 3.50. The highest BCUT2D eigenvalue weighted by Crippen LogP contribution is 2.24. The lowest BCUT2D eigenvalue weighted by atomic mass is 10.2. The molecule has 0 aliphatic carbocycles. The Balaban J connectivity index is 1.22. The Hall–Kier alpha value is -4.07. The lowest BCUT2D eigenvalue weighted by Gasteiger charge is -2.35. The first-order valence-corrected chi connectivity index (χ1v) is 11.1. The number of carbonyl (C=O) groups excluding carboxylic acids is 1. The van der Waals surface area contributed by atoms with Gasteiger partial charge in [-0.25, -0.2) is 15.0 Å². The van der Waals surface area contributed by atoms with Gasteiger partial charge < -0.3 is 15.1 Å². The second kappa shape index (κ2) is 9.60. The van der Waals surface area contributed by atoms with Crippen LogP contribution >= 0.6 is 0 Å². The van der Waals surface area contributed by atoms with E-state index in [2.05, 4.69) is 25.2 Å². The standard InChI is InChI=1S/C25H25N7O/c33-23(32-16-14-31(15-17-32)22-9-3-4-12-27-22)10-13-28-25-20-7-1-2-8-21(20)29-24(30-25)19-6-5-11-26-18-19/h1-9,11-12,18H,10,13-17H2,(H,28,29,30). The fourth-order valence-corrected chi connectivity index (χ4v) is 4.01. The van der Waals surface area contributed by atoms with E-state index in [1.54, 1.807) is 18.6 Å². The molecule has 3 aromatic heterocycles. The second-order valence-corrected chi connectivity index (χ2v) is 7.89. The maximum Gasteiger partial charge on any atom is 0.224 e. The van der Waals surface area contributed by atoms with Gasteiger partial charge in [0.1, 0.15) is 11.6 Å². The molecule has 4 aromatic rings. The Kier molecular flexibility index (Phi) is 6.06. The number of benzene rings is 1. The summed E-state index contributed by atoms with van der Waals surface area (Å²) in [7, 11) is 0. The molecule has 0 bridgehead atoms. The molecule has 1 aliphatic rings. The molecule has 1 fully saturated rings. The minimum atomic E-state index is 0.147. The molecule has 4 heterocycles. The molecule has 1 saturated heterocycles. The van der Waals surface area contributed by atoms with Gasteiger partial charge in [0.2, 0.25) is 5.91 Å². The van der Waals surface area contributed by atoms with Crippen LogP contribution in [0, 0.1) is 0 Å². The van der Waals surface area contributed by atoms with Crippen molar-refractivity contribution < 1.29 is 4.79 Å². The Morgan fingerprint density at radius 2 is 1.76 bits per heavy atom. The van der Waals surface area contributed by atoms with Crippen LogP contribution in [0.4, 0.5) is 11.6 Å². The van der Waals surface area contributed by atoms with Crippen LogP contribution in [-0.4, -0.2) is 63.5 Å². The van der Waals surface area contributed by atoms with Gasteiger partial charge in [0.05, 0.1) is 5.52 Å².